The van der Waals surface area contributed by atoms with Crippen LogP contribution in [-0.2, 0) is 0 Å². The van der Waals surface area contributed by atoms with Crippen LogP contribution in [-0.4, -0.2) is 49.8 Å². The minimum atomic E-state index is 0. The van der Waals surface area contributed by atoms with Crippen LogP contribution in [0.3, 0.4) is 0 Å². The quantitative estimate of drug-likeness (QED) is 0.327. The Morgan fingerprint density at radius 3 is 2.53 bits per heavy atom. The maximum atomic E-state index is 6.06. The summed E-state index contributed by atoms with van der Waals surface area (Å²) in [6, 6.07) is 16.6. The van der Waals surface area contributed by atoms with Crippen molar-refractivity contribution < 1.29 is 4.74 Å². The molecule has 7 heteroatoms. The van der Waals surface area contributed by atoms with Crippen molar-refractivity contribution in [1.29, 1.82) is 0 Å². The second kappa shape index (κ2) is 12.6. The van der Waals surface area contributed by atoms with Crippen molar-refractivity contribution in [3.63, 3.8) is 0 Å². The summed E-state index contributed by atoms with van der Waals surface area (Å²) in [6.07, 6.45) is 3.16. The lowest BCUT2D eigenvalue weighted by Crippen LogP contribution is -2.50. The first-order chi connectivity index (χ1) is 14.2. The fraction of sp³-hybridized carbons (Fsp3) is 0.478. The molecule has 0 amide bonds. The highest BCUT2D eigenvalue weighted by atomic mass is 127. The zero-order chi connectivity index (χ0) is 20.5. The maximum Gasteiger partial charge on any atom is 0.191 e. The molecule has 1 saturated heterocycles. The highest BCUT2D eigenvalue weighted by molar-refractivity contribution is 14.0. The molecule has 0 saturated carbocycles. The van der Waals surface area contributed by atoms with Crippen LogP contribution in [0.15, 0.2) is 53.5 Å². The molecular weight excluding hydrogens is 489 g/mol. The number of guanidine groups is 1. The van der Waals surface area contributed by atoms with Gasteiger partial charge in [-0.15, -0.1) is 24.0 Å². The molecule has 164 valence electrons. The van der Waals surface area contributed by atoms with Gasteiger partial charge in [0.2, 0.25) is 0 Å². The molecular formula is C23H34IN5O. The van der Waals surface area contributed by atoms with E-state index in [1.54, 1.807) is 0 Å². The van der Waals surface area contributed by atoms with E-state index in [-0.39, 0.29) is 30.1 Å². The predicted molar refractivity (Wildman–Crippen MR) is 135 cm³/mol. The van der Waals surface area contributed by atoms with E-state index < -0.39 is 0 Å². The van der Waals surface area contributed by atoms with Gasteiger partial charge in [-0.05, 0) is 50.5 Å². The molecule has 2 aromatic rings. The zero-order valence-electron chi connectivity index (χ0n) is 18.2. The number of aliphatic imine (C=N–C) groups is 1. The monoisotopic (exact) mass is 523 g/mol. The maximum absolute atomic E-state index is 6.06. The van der Waals surface area contributed by atoms with Crippen LogP contribution in [0.5, 0.6) is 5.75 Å². The number of para-hydroxylation sites is 1. The van der Waals surface area contributed by atoms with E-state index in [1.807, 2.05) is 50.4 Å². The average Bonchev–Trinajstić information content (AvgIpc) is 2.76. The predicted octanol–water partition coefficient (Wildman–Crippen LogP) is 4.00. The third-order valence-electron chi connectivity index (χ3n) is 5.26. The van der Waals surface area contributed by atoms with Crippen molar-refractivity contribution in [2.75, 3.05) is 31.6 Å². The Morgan fingerprint density at radius 1 is 1.17 bits per heavy atom. The fourth-order valence-corrected chi connectivity index (χ4v) is 3.52. The van der Waals surface area contributed by atoms with Gasteiger partial charge in [-0.3, -0.25) is 4.99 Å². The van der Waals surface area contributed by atoms with Gasteiger partial charge in [0.15, 0.2) is 5.96 Å². The molecule has 0 radical (unpaired) electrons. The number of benzene rings is 1. The largest absolute Gasteiger partial charge is 0.489 e. The number of ether oxygens (including phenoxy) is 1. The molecule has 30 heavy (non-hydrogen) atoms. The van der Waals surface area contributed by atoms with Crippen molar-refractivity contribution in [3.8, 4) is 5.75 Å². The Morgan fingerprint density at radius 2 is 1.90 bits per heavy atom. The van der Waals surface area contributed by atoms with Gasteiger partial charge in [-0.2, -0.15) is 0 Å². The van der Waals surface area contributed by atoms with E-state index in [9.17, 15) is 0 Å². The molecule has 1 unspecified atom stereocenters. The lowest BCUT2D eigenvalue weighted by atomic mass is 10.1. The topological polar surface area (TPSA) is 61.8 Å². The number of halogens is 1. The number of hydrogen-bond donors (Lipinski definition) is 2. The Balaban J connectivity index is 0.00000320. The summed E-state index contributed by atoms with van der Waals surface area (Å²) in [5.74, 6) is 2.82. The molecule has 1 atom stereocenters. The first kappa shape index (κ1) is 24.2. The SMILES string of the molecule is CCC(CNC(=NC)NC1CCN(c2cccc(C)n2)CC1)Oc1ccccc1.I. The summed E-state index contributed by atoms with van der Waals surface area (Å²) in [5, 5.41) is 6.99. The number of nitrogens with zero attached hydrogens (tertiary/aromatic N) is 3. The molecule has 0 aliphatic carbocycles. The van der Waals surface area contributed by atoms with Crippen LogP contribution in [0.2, 0.25) is 0 Å². The molecule has 1 aliphatic rings. The molecule has 6 nitrogen and oxygen atoms in total. The van der Waals surface area contributed by atoms with E-state index in [4.69, 9.17) is 4.74 Å². The molecule has 1 aliphatic heterocycles. The van der Waals surface area contributed by atoms with Crippen LogP contribution in [0.4, 0.5) is 5.82 Å². The normalized spacial score (nSPS) is 15.8. The van der Waals surface area contributed by atoms with Crippen molar-refractivity contribution >= 4 is 35.8 Å². The van der Waals surface area contributed by atoms with Crippen molar-refractivity contribution in [2.45, 2.75) is 45.3 Å². The molecule has 1 aromatic heterocycles. The molecule has 1 fully saturated rings. The van der Waals surface area contributed by atoms with Crippen molar-refractivity contribution in [3.05, 3.63) is 54.2 Å². The average molecular weight is 523 g/mol. The first-order valence-corrected chi connectivity index (χ1v) is 10.6. The number of anilines is 1. The minimum absolute atomic E-state index is 0. The van der Waals surface area contributed by atoms with Crippen LogP contribution in [0.25, 0.3) is 0 Å². The molecule has 2 heterocycles. The van der Waals surface area contributed by atoms with Crippen LogP contribution < -0.4 is 20.3 Å². The summed E-state index contributed by atoms with van der Waals surface area (Å²) in [5.41, 5.74) is 1.07. The van der Waals surface area contributed by atoms with E-state index in [1.165, 1.54) is 0 Å². The third kappa shape index (κ3) is 7.34. The number of aromatic nitrogens is 1. The van der Waals surface area contributed by atoms with Crippen LogP contribution in [0, 0.1) is 6.92 Å². The number of nitrogens with one attached hydrogen (secondary N) is 2. The van der Waals surface area contributed by atoms with Gasteiger partial charge in [0.1, 0.15) is 17.7 Å². The van der Waals surface area contributed by atoms with Gasteiger partial charge in [-0.1, -0.05) is 31.2 Å². The number of piperidine rings is 1. The summed E-state index contributed by atoms with van der Waals surface area (Å²) < 4.78 is 6.06. The van der Waals surface area contributed by atoms with E-state index >= 15 is 0 Å². The van der Waals surface area contributed by atoms with Crippen molar-refractivity contribution in [2.24, 2.45) is 4.99 Å². The summed E-state index contributed by atoms with van der Waals surface area (Å²) in [6.45, 7) is 6.90. The molecule has 0 spiro atoms. The van der Waals surface area contributed by atoms with E-state index in [2.05, 4.69) is 44.6 Å². The summed E-state index contributed by atoms with van der Waals surface area (Å²) >= 11 is 0. The molecule has 0 bridgehead atoms. The van der Waals surface area contributed by atoms with E-state index in [0.29, 0.717) is 6.04 Å². The lowest BCUT2D eigenvalue weighted by molar-refractivity contribution is 0.199. The van der Waals surface area contributed by atoms with Gasteiger partial charge in [0, 0.05) is 31.9 Å². The Hall–Kier alpha value is -2.03. The number of aryl methyl sites for hydroxylation is 1. The number of pyridine rings is 1. The van der Waals surface area contributed by atoms with Gasteiger partial charge >= 0.3 is 0 Å². The fourth-order valence-electron chi connectivity index (χ4n) is 3.52. The molecule has 2 N–H and O–H groups in total. The highest BCUT2D eigenvalue weighted by Gasteiger charge is 2.21. The third-order valence-corrected chi connectivity index (χ3v) is 5.26. The zero-order valence-corrected chi connectivity index (χ0v) is 20.5. The number of rotatable bonds is 7. The second-order valence-corrected chi connectivity index (χ2v) is 7.46. The van der Waals surface area contributed by atoms with Gasteiger partial charge in [-0.25, -0.2) is 4.98 Å². The Labute approximate surface area is 197 Å². The Kier molecular flexibility index (Phi) is 10.2. The van der Waals surface area contributed by atoms with Crippen LogP contribution in [0.1, 0.15) is 31.9 Å². The second-order valence-electron chi connectivity index (χ2n) is 7.46. The summed E-state index contributed by atoms with van der Waals surface area (Å²) in [7, 11) is 1.82. The Bertz CT molecular complexity index is 778. The smallest absolute Gasteiger partial charge is 0.191 e. The summed E-state index contributed by atoms with van der Waals surface area (Å²) in [4.78, 5) is 11.4. The van der Waals surface area contributed by atoms with Gasteiger partial charge < -0.3 is 20.3 Å². The molecule has 1 aromatic carbocycles. The first-order valence-electron chi connectivity index (χ1n) is 10.6. The standard InChI is InChI=1S/C23H33N5O.HI/c1-4-20(29-21-10-6-5-7-11-21)17-25-23(24-3)27-19-13-15-28(16-14-19)22-12-8-9-18(2)26-22;/h5-12,19-20H,4,13-17H2,1-3H3,(H2,24,25,27);1H. The molecule has 3 rings (SSSR count). The lowest BCUT2D eigenvalue weighted by Gasteiger charge is -2.34. The van der Waals surface area contributed by atoms with Crippen molar-refractivity contribution in [1.82, 2.24) is 15.6 Å². The van der Waals surface area contributed by atoms with Gasteiger partial charge in [0.25, 0.3) is 0 Å². The minimum Gasteiger partial charge on any atom is -0.489 e. The van der Waals surface area contributed by atoms with E-state index in [0.717, 1.165) is 62.1 Å². The highest BCUT2D eigenvalue weighted by Crippen LogP contribution is 2.18. The number of hydrogen-bond acceptors (Lipinski definition) is 4. The van der Waals surface area contributed by atoms with Gasteiger partial charge in [0.05, 0.1) is 6.54 Å². The van der Waals surface area contributed by atoms with Crippen LogP contribution >= 0.6 is 24.0 Å².